The maximum Gasteiger partial charge on any atom is 0.225 e. The third-order valence-corrected chi connectivity index (χ3v) is 4.04. The van der Waals surface area contributed by atoms with Crippen molar-refractivity contribution >= 4 is 27.9 Å². The topological polar surface area (TPSA) is 29.5 Å². The molecule has 0 radical (unpaired) electrons. The van der Waals surface area contributed by atoms with E-state index >= 15 is 0 Å². The molecular weight excluding hydrogens is 318 g/mol. The molecular formula is C16H20BrNO2. The summed E-state index contributed by atoms with van der Waals surface area (Å²) < 4.78 is 6.36. The van der Waals surface area contributed by atoms with Gasteiger partial charge in [-0.2, -0.15) is 0 Å². The van der Waals surface area contributed by atoms with Gasteiger partial charge < -0.3 is 9.64 Å². The lowest BCUT2D eigenvalue weighted by Gasteiger charge is -2.25. The number of ether oxygens (including phenoxy) is 1. The van der Waals surface area contributed by atoms with E-state index in [1.165, 1.54) is 0 Å². The van der Waals surface area contributed by atoms with Gasteiger partial charge in [-0.3, -0.25) is 4.79 Å². The van der Waals surface area contributed by atoms with Crippen LogP contribution >= 0.6 is 15.9 Å². The minimum absolute atomic E-state index is 0.134. The quantitative estimate of drug-likeness (QED) is 0.843. The molecule has 1 aromatic carbocycles. The average molecular weight is 338 g/mol. The fourth-order valence-corrected chi connectivity index (χ4v) is 2.53. The summed E-state index contributed by atoms with van der Waals surface area (Å²) in [5.41, 5.74) is 1.14. The van der Waals surface area contributed by atoms with Crippen molar-refractivity contribution in [2.75, 3.05) is 26.8 Å². The first-order valence-corrected chi connectivity index (χ1v) is 7.71. The molecule has 0 aromatic heterocycles. The molecule has 1 fully saturated rings. The maximum atomic E-state index is 12.2. The highest BCUT2D eigenvalue weighted by atomic mass is 79.9. The Labute approximate surface area is 128 Å². The third kappa shape index (κ3) is 4.46. The molecule has 1 aliphatic heterocycles. The van der Waals surface area contributed by atoms with Gasteiger partial charge in [-0.1, -0.05) is 40.2 Å². The van der Waals surface area contributed by atoms with Gasteiger partial charge in [0.2, 0.25) is 5.91 Å². The number of nitrogens with zero attached hydrogens (tertiary/aromatic N) is 1. The van der Waals surface area contributed by atoms with Crippen molar-refractivity contribution in [2.24, 2.45) is 5.92 Å². The molecule has 108 valence electrons. The number of hydrogen-bond donors (Lipinski definition) is 0. The molecule has 1 saturated heterocycles. The molecule has 0 atom stereocenters. The van der Waals surface area contributed by atoms with E-state index in [1.807, 2.05) is 43.5 Å². The van der Waals surface area contributed by atoms with E-state index in [2.05, 4.69) is 15.9 Å². The molecule has 1 amide bonds. The molecule has 1 aromatic rings. The normalized spacial score (nSPS) is 16.5. The molecule has 2 rings (SSSR count). The summed E-state index contributed by atoms with van der Waals surface area (Å²) in [4.78, 5) is 14.0. The molecule has 0 spiro atoms. The molecule has 3 nitrogen and oxygen atoms in total. The minimum atomic E-state index is 0.134. The number of benzene rings is 1. The van der Waals surface area contributed by atoms with E-state index in [9.17, 15) is 4.79 Å². The molecule has 20 heavy (non-hydrogen) atoms. The van der Waals surface area contributed by atoms with Crippen molar-refractivity contribution in [2.45, 2.75) is 12.8 Å². The average Bonchev–Trinajstić information content (AvgIpc) is 2.49. The van der Waals surface area contributed by atoms with Crippen molar-refractivity contribution < 1.29 is 9.53 Å². The van der Waals surface area contributed by atoms with Crippen molar-refractivity contribution in [1.82, 2.24) is 4.90 Å². The number of amides is 1. The highest BCUT2D eigenvalue weighted by molar-refractivity contribution is 9.10. The van der Waals surface area contributed by atoms with Gasteiger partial charge in [0, 0.05) is 37.2 Å². The van der Waals surface area contributed by atoms with Crippen molar-refractivity contribution in [1.29, 1.82) is 0 Å². The summed E-state index contributed by atoms with van der Waals surface area (Å²) in [5, 5.41) is 0. The van der Waals surface area contributed by atoms with Crippen LogP contribution in [-0.4, -0.2) is 37.6 Å². The van der Waals surface area contributed by atoms with E-state index < -0.39 is 0 Å². The van der Waals surface area contributed by atoms with Gasteiger partial charge in [-0.15, -0.1) is 0 Å². The largest absolute Gasteiger partial charge is 0.381 e. The van der Waals surface area contributed by atoms with E-state index in [0.717, 1.165) is 22.9 Å². The Balaban J connectivity index is 1.83. The van der Waals surface area contributed by atoms with Crippen LogP contribution in [0.3, 0.4) is 0 Å². The maximum absolute atomic E-state index is 12.2. The Morgan fingerprint density at radius 2 is 2.00 bits per heavy atom. The molecule has 4 heteroatoms. The first-order valence-electron chi connectivity index (χ1n) is 6.91. The summed E-state index contributed by atoms with van der Waals surface area (Å²) in [6.45, 7) is 2.06. The number of halogens is 1. The van der Waals surface area contributed by atoms with Gasteiger partial charge in [0.1, 0.15) is 0 Å². The Kier molecular flexibility index (Phi) is 5.80. The summed E-state index contributed by atoms with van der Waals surface area (Å²) in [5.74, 6) is 0.364. The lowest BCUT2D eigenvalue weighted by Crippen LogP contribution is -2.35. The second kappa shape index (κ2) is 7.60. The molecule has 0 saturated carbocycles. The highest BCUT2D eigenvalue weighted by Gasteiger charge is 2.23. The summed E-state index contributed by atoms with van der Waals surface area (Å²) in [7, 11) is 1.86. The van der Waals surface area contributed by atoms with Gasteiger partial charge in [0.15, 0.2) is 0 Å². The van der Waals surface area contributed by atoms with Crippen LogP contribution in [0, 0.1) is 5.92 Å². The Morgan fingerprint density at radius 3 is 2.65 bits per heavy atom. The Hall–Kier alpha value is -1.13. The smallest absolute Gasteiger partial charge is 0.225 e. The fourth-order valence-electron chi connectivity index (χ4n) is 2.27. The van der Waals surface area contributed by atoms with Crippen LogP contribution in [0.25, 0.3) is 6.08 Å². The van der Waals surface area contributed by atoms with Crippen LogP contribution in [-0.2, 0) is 9.53 Å². The predicted molar refractivity (Wildman–Crippen MR) is 84.4 cm³/mol. The van der Waals surface area contributed by atoms with Crippen molar-refractivity contribution in [3.05, 3.63) is 40.4 Å². The van der Waals surface area contributed by atoms with Gasteiger partial charge >= 0.3 is 0 Å². The standard InChI is InChI=1S/C16H20BrNO2/c1-18(16(19)14-8-11-20-12-9-14)10-2-3-13-4-6-15(17)7-5-13/h2-7,14H,8-12H2,1H3. The first-order chi connectivity index (χ1) is 9.66. The first kappa shape index (κ1) is 15.3. The monoisotopic (exact) mass is 337 g/mol. The van der Waals surface area contributed by atoms with Gasteiger partial charge in [0.05, 0.1) is 0 Å². The van der Waals surface area contributed by atoms with E-state index in [1.54, 1.807) is 4.90 Å². The predicted octanol–water partition coefficient (Wildman–Crippen LogP) is 3.35. The Morgan fingerprint density at radius 1 is 1.35 bits per heavy atom. The highest BCUT2D eigenvalue weighted by Crippen LogP contribution is 2.17. The summed E-state index contributed by atoms with van der Waals surface area (Å²) in [6, 6.07) is 8.11. The third-order valence-electron chi connectivity index (χ3n) is 3.51. The van der Waals surface area contributed by atoms with Crippen molar-refractivity contribution in [3.63, 3.8) is 0 Å². The van der Waals surface area contributed by atoms with Crippen LogP contribution in [0.4, 0.5) is 0 Å². The zero-order valence-electron chi connectivity index (χ0n) is 11.7. The van der Waals surface area contributed by atoms with Gasteiger partial charge in [0.25, 0.3) is 0 Å². The molecule has 0 aliphatic carbocycles. The Bertz CT molecular complexity index is 464. The van der Waals surface area contributed by atoms with Crippen LogP contribution in [0.5, 0.6) is 0 Å². The summed E-state index contributed by atoms with van der Waals surface area (Å²) >= 11 is 3.41. The second-order valence-corrected chi connectivity index (χ2v) is 5.98. The van der Waals surface area contributed by atoms with Gasteiger partial charge in [-0.25, -0.2) is 0 Å². The second-order valence-electron chi connectivity index (χ2n) is 5.06. The molecule has 0 bridgehead atoms. The SMILES string of the molecule is CN(CC=Cc1ccc(Br)cc1)C(=O)C1CCOCC1. The fraction of sp³-hybridized carbons (Fsp3) is 0.438. The lowest BCUT2D eigenvalue weighted by molar-refractivity contribution is -0.136. The molecule has 1 aliphatic rings. The van der Waals surface area contributed by atoms with E-state index in [4.69, 9.17) is 4.74 Å². The zero-order chi connectivity index (χ0) is 14.4. The van der Waals surface area contributed by atoms with E-state index in [0.29, 0.717) is 19.8 Å². The molecule has 0 unspecified atom stereocenters. The number of carbonyl (C=O) groups excluding carboxylic acids is 1. The van der Waals surface area contributed by atoms with Crippen LogP contribution in [0.2, 0.25) is 0 Å². The summed E-state index contributed by atoms with van der Waals surface area (Å²) in [6.07, 6.45) is 5.76. The lowest BCUT2D eigenvalue weighted by atomic mass is 9.99. The van der Waals surface area contributed by atoms with Gasteiger partial charge in [-0.05, 0) is 30.5 Å². The van der Waals surface area contributed by atoms with E-state index in [-0.39, 0.29) is 11.8 Å². The number of rotatable bonds is 4. The number of likely N-dealkylation sites (N-methyl/N-ethyl adjacent to an activating group) is 1. The van der Waals surface area contributed by atoms with Crippen LogP contribution in [0.1, 0.15) is 18.4 Å². The van der Waals surface area contributed by atoms with Crippen molar-refractivity contribution in [3.8, 4) is 0 Å². The van der Waals surface area contributed by atoms with Crippen LogP contribution in [0.15, 0.2) is 34.8 Å². The number of hydrogen-bond acceptors (Lipinski definition) is 2. The molecule has 0 N–H and O–H groups in total. The molecule has 1 heterocycles. The van der Waals surface area contributed by atoms with Crippen LogP contribution < -0.4 is 0 Å². The minimum Gasteiger partial charge on any atom is -0.381 e. The zero-order valence-corrected chi connectivity index (χ0v) is 13.3. The number of carbonyl (C=O) groups is 1.